The van der Waals surface area contributed by atoms with E-state index in [0.29, 0.717) is 6.61 Å². The molecule has 1 heterocycles. The minimum atomic E-state index is -1.96. The van der Waals surface area contributed by atoms with Gasteiger partial charge in [0.05, 0.1) is 20.3 Å². The number of rotatable bonds is 7. The standard InChI is InChI=1S/C17H26O6Si/c1-17(19)15(23-24(3,4)5)14(22-16(17)18)11-21-10-12-6-8-13(20-2)9-7-12/h6-9,14-15,19H,10-11H2,1-5H3/t14-,15-,17+/m1/s1. The molecule has 1 fully saturated rings. The largest absolute Gasteiger partial charge is 0.497 e. The highest BCUT2D eigenvalue weighted by Gasteiger charge is 2.55. The predicted octanol–water partition coefficient (Wildman–Crippen LogP) is 2.11. The summed E-state index contributed by atoms with van der Waals surface area (Å²) in [6.45, 7) is 7.98. The van der Waals surface area contributed by atoms with Crippen molar-refractivity contribution in [2.24, 2.45) is 0 Å². The smallest absolute Gasteiger partial charge is 0.341 e. The lowest BCUT2D eigenvalue weighted by atomic mass is 9.99. The summed E-state index contributed by atoms with van der Waals surface area (Å²) in [5.74, 6) is 0.118. The van der Waals surface area contributed by atoms with Crippen LogP contribution in [0.3, 0.4) is 0 Å². The molecule has 1 aliphatic rings. The Labute approximate surface area is 143 Å². The van der Waals surface area contributed by atoms with E-state index in [1.165, 1.54) is 6.92 Å². The second kappa shape index (κ2) is 7.22. The quantitative estimate of drug-likeness (QED) is 0.597. The van der Waals surface area contributed by atoms with Gasteiger partial charge in [-0.2, -0.15) is 0 Å². The number of hydrogen-bond acceptors (Lipinski definition) is 6. The highest BCUT2D eigenvalue weighted by Crippen LogP contribution is 2.31. The number of carbonyl (C=O) groups is 1. The van der Waals surface area contributed by atoms with Gasteiger partial charge in [0.1, 0.15) is 11.9 Å². The van der Waals surface area contributed by atoms with Crippen LogP contribution in [0.1, 0.15) is 12.5 Å². The average Bonchev–Trinajstić information content (AvgIpc) is 2.70. The number of benzene rings is 1. The minimum absolute atomic E-state index is 0.170. The molecule has 0 unspecified atom stereocenters. The van der Waals surface area contributed by atoms with Crippen LogP contribution in [0.4, 0.5) is 0 Å². The fourth-order valence-electron chi connectivity index (χ4n) is 2.50. The van der Waals surface area contributed by atoms with Crippen molar-refractivity contribution in [1.29, 1.82) is 0 Å². The molecule has 24 heavy (non-hydrogen) atoms. The summed E-state index contributed by atoms with van der Waals surface area (Å²) in [5.41, 5.74) is -0.663. The first kappa shape index (κ1) is 18.9. The van der Waals surface area contributed by atoms with Crippen molar-refractivity contribution in [3.63, 3.8) is 0 Å². The monoisotopic (exact) mass is 354 g/mol. The summed E-state index contributed by atoms with van der Waals surface area (Å²) in [5, 5.41) is 10.4. The van der Waals surface area contributed by atoms with Crippen LogP contribution in [0, 0.1) is 0 Å². The zero-order chi connectivity index (χ0) is 18.0. The SMILES string of the molecule is COc1ccc(COC[C@H]2OC(=O)[C@@](C)(O)[C@@H]2O[Si](C)(C)C)cc1. The number of methoxy groups -OCH3 is 1. The van der Waals surface area contributed by atoms with Crippen molar-refractivity contribution in [3.8, 4) is 5.75 Å². The van der Waals surface area contributed by atoms with E-state index in [2.05, 4.69) is 0 Å². The van der Waals surface area contributed by atoms with Crippen LogP contribution in [0.5, 0.6) is 5.75 Å². The third kappa shape index (κ3) is 4.57. The number of ether oxygens (including phenoxy) is 3. The molecule has 0 radical (unpaired) electrons. The molecular weight excluding hydrogens is 328 g/mol. The lowest BCUT2D eigenvalue weighted by Crippen LogP contribution is -2.50. The van der Waals surface area contributed by atoms with Crippen LogP contribution in [0.2, 0.25) is 19.6 Å². The van der Waals surface area contributed by atoms with Gasteiger partial charge in [0, 0.05) is 0 Å². The van der Waals surface area contributed by atoms with Crippen LogP contribution < -0.4 is 4.74 Å². The van der Waals surface area contributed by atoms with E-state index in [0.717, 1.165) is 11.3 Å². The summed E-state index contributed by atoms with van der Waals surface area (Å²) < 4.78 is 22.0. The van der Waals surface area contributed by atoms with E-state index in [-0.39, 0.29) is 6.61 Å². The normalized spacial score (nSPS) is 27.2. The van der Waals surface area contributed by atoms with Crippen LogP contribution >= 0.6 is 0 Å². The van der Waals surface area contributed by atoms with Crippen molar-refractivity contribution in [1.82, 2.24) is 0 Å². The molecule has 0 amide bonds. The molecule has 1 N–H and O–H groups in total. The van der Waals surface area contributed by atoms with Crippen molar-refractivity contribution in [2.45, 2.75) is 51.0 Å². The van der Waals surface area contributed by atoms with Crippen molar-refractivity contribution < 1.29 is 28.5 Å². The van der Waals surface area contributed by atoms with Gasteiger partial charge in [0.25, 0.3) is 0 Å². The summed E-state index contributed by atoms with van der Waals surface area (Å²) >= 11 is 0. The molecule has 134 valence electrons. The van der Waals surface area contributed by atoms with Crippen LogP contribution in [0.25, 0.3) is 0 Å². The van der Waals surface area contributed by atoms with E-state index in [1.54, 1.807) is 7.11 Å². The molecule has 6 nitrogen and oxygen atoms in total. The second-order valence-corrected chi connectivity index (χ2v) is 11.6. The Kier molecular flexibility index (Phi) is 5.69. The Morgan fingerprint density at radius 3 is 2.42 bits per heavy atom. The first-order valence-electron chi connectivity index (χ1n) is 7.95. The van der Waals surface area contributed by atoms with Crippen LogP contribution in [0.15, 0.2) is 24.3 Å². The topological polar surface area (TPSA) is 74.2 Å². The zero-order valence-electron chi connectivity index (χ0n) is 14.9. The van der Waals surface area contributed by atoms with Crippen molar-refractivity contribution in [3.05, 3.63) is 29.8 Å². The molecule has 7 heteroatoms. The van der Waals surface area contributed by atoms with Gasteiger partial charge in [-0.05, 0) is 44.3 Å². The van der Waals surface area contributed by atoms with E-state index >= 15 is 0 Å². The highest BCUT2D eigenvalue weighted by atomic mass is 28.4. The highest BCUT2D eigenvalue weighted by molar-refractivity contribution is 6.69. The van der Waals surface area contributed by atoms with E-state index < -0.39 is 32.1 Å². The Hall–Kier alpha value is -1.41. The summed E-state index contributed by atoms with van der Waals surface area (Å²) in [7, 11) is -0.342. The van der Waals surface area contributed by atoms with Gasteiger partial charge < -0.3 is 23.7 Å². The Morgan fingerprint density at radius 2 is 1.88 bits per heavy atom. The first-order valence-corrected chi connectivity index (χ1v) is 11.4. The van der Waals surface area contributed by atoms with E-state index in [4.69, 9.17) is 18.6 Å². The molecule has 0 saturated carbocycles. The van der Waals surface area contributed by atoms with Gasteiger partial charge >= 0.3 is 5.97 Å². The van der Waals surface area contributed by atoms with E-state index in [9.17, 15) is 9.90 Å². The minimum Gasteiger partial charge on any atom is -0.497 e. The second-order valence-electron chi connectivity index (χ2n) is 7.11. The molecule has 0 bridgehead atoms. The van der Waals surface area contributed by atoms with Gasteiger partial charge in [0.2, 0.25) is 0 Å². The number of esters is 1. The fraction of sp³-hybridized carbons (Fsp3) is 0.588. The van der Waals surface area contributed by atoms with Gasteiger partial charge in [-0.1, -0.05) is 12.1 Å². The third-order valence-electron chi connectivity index (χ3n) is 3.75. The Bertz CT molecular complexity index is 563. The number of hydrogen-bond donors (Lipinski definition) is 1. The molecule has 0 aliphatic carbocycles. The Balaban J connectivity index is 1.95. The average molecular weight is 354 g/mol. The summed E-state index contributed by atoms with van der Waals surface area (Å²) in [6.07, 6.45) is -1.33. The lowest BCUT2D eigenvalue weighted by Gasteiger charge is -2.31. The molecular formula is C17H26O6Si. The molecule has 1 aromatic carbocycles. The fourth-order valence-corrected chi connectivity index (χ4v) is 3.65. The zero-order valence-corrected chi connectivity index (χ0v) is 15.9. The maximum atomic E-state index is 11.9. The number of cyclic esters (lactones) is 1. The molecule has 2 rings (SSSR count). The Morgan fingerprint density at radius 1 is 1.25 bits per heavy atom. The van der Waals surface area contributed by atoms with E-state index in [1.807, 2.05) is 43.9 Å². The molecule has 1 aromatic rings. The molecule has 3 atom stereocenters. The van der Waals surface area contributed by atoms with Gasteiger partial charge in [0.15, 0.2) is 20.0 Å². The predicted molar refractivity (Wildman–Crippen MR) is 91.4 cm³/mol. The molecule has 1 saturated heterocycles. The third-order valence-corrected chi connectivity index (χ3v) is 4.71. The van der Waals surface area contributed by atoms with Gasteiger partial charge in [-0.15, -0.1) is 0 Å². The summed E-state index contributed by atoms with van der Waals surface area (Å²) in [6, 6.07) is 7.53. The van der Waals surface area contributed by atoms with Crippen molar-refractivity contribution >= 4 is 14.3 Å². The van der Waals surface area contributed by atoms with Gasteiger partial charge in [-0.25, -0.2) is 4.79 Å². The molecule has 0 spiro atoms. The maximum absolute atomic E-state index is 11.9. The number of carbonyl (C=O) groups excluding carboxylic acids is 1. The summed E-state index contributed by atoms with van der Waals surface area (Å²) in [4.78, 5) is 11.9. The van der Waals surface area contributed by atoms with Crippen molar-refractivity contribution in [2.75, 3.05) is 13.7 Å². The molecule has 0 aromatic heterocycles. The van der Waals surface area contributed by atoms with Gasteiger partial charge in [-0.3, -0.25) is 0 Å². The molecule has 1 aliphatic heterocycles. The van der Waals surface area contributed by atoms with Crippen LogP contribution in [-0.4, -0.2) is 50.9 Å². The maximum Gasteiger partial charge on any atom is 0.341 e. The first-order chi connectivity index (χ1) is 11.1. The lowest BCUT2D eigenvalue weighted by molar-refractivity contribution is -0.155. The van der Waals surface area contributed by atoms with Crippen LogP contribution in [-0.2, 0) is 25.3 Å². The number of aliphatic hydroxyl groups is 1.